The van der Waals surface area contributed by atoms with E-state index in [-0.39, 0.29) is 0 Å². The van der Waals surface area contributed by atoms with Crippen molar-refractivity contribution in [2.75, 3.05) is 6.54 Å². The van der Waals surface area contributed by atoms with Crippen molar-refractivity contribution in [3.05, 3.63) is 42.5 Å². The third-order valence-electron chi connectivity index (χ3n) is 3.44. The van der Waals surface area contributed by atoms with E-state index >= 15 is 0 Å². The van der Waals surface area contributed by atoms with Gasteiger partial charge >= 0.3 is 0 Å². The van der Waals surface area contributed by atoms with E-state index in [2.05, 4.69) is 45.9 Å². The zero-order valence-corrected chi connectivity index (χ0v) is 11.1. The molecular weight excluding hydrogens is 236 g/mol. The van der Waals surface area contributed by atoms with Crippen LogP contribution in [-0.4, -0.2) is 21.1 Å². The number of nitrogens with zero attached hydrogens (tertiary/aromatic N) is 2. The van der Waals surface area contributed by atoms with Gasteiger partial charge in [-0.2, -0.15) is 0 Å². The second-order valence-corrected chi connectivity index (χ2v) is 4.87. The molecule has 0 amide bonds. The Morgan fingerprint density at radius 1 is 1.37 bits per heavy atom. The fourth-order valence-corrected chi connectivity index (χ4v) is 2.32. The van der Waals surface area contributed by atoms with Crippen LogP contribution in [0.25, 0.3) is 22.2 Å². The van der Waals surface area contributed by atoms with Gasteiger partial charge in [0, 0.05) is 35.4 Å². The van der Waals surface area contributed by atoms with Gasteiger partial charge in [0.15, 0.2) is 0 Å². The van der Waals surface area contributed by atoms with Crippen LogP contribution < -0.4 is 5.73 Å². The summed E-state index contributed by atoms with van der Waals surface area (Å²) in [6, 6.07) is 6.40. The molecule has 0 saturated heterocycles. The first kappa shape index (κ1) is 12.0. The third kappa shape index (κ3) is 2.27. The van der Waals surface area contributed by atoms with Crippen molar-refractivity contribution in [2.45, 2.75) is 19.9 Å². The lowest BCUT2D eigenvalue weighted by Gasteiger charge is -2.00. The summed E-state index contributed by atoms with van der Waals surface area (Å²) in [6.45, 7) is 3.75. The summed E-state index contributed by atoms with van der Waals surface area (Å²) >= 11 is 0. The van der Waals surface area contributed by atoms with Crippen LogP contribution in [0, 0.1) is 6.92 Å². The molecule has 98 valence electrons. The van der Waals surface area contributed by atoms with Gasteiger partial charge in [-0.25, -0.2) is 4.98 Å². The number of hydrogen-bond donors (Lipinski definition) is 2. The number of benzene rings is 1. The van der Waals surface area contributed by atoms with Crippen LogP contribution in [0.1, 0.15) is 12.0 Å². The number of imidazole rings is 1. The standard InChI is InChI=1S/C15H18N4/c1-11-8-17-14-4-3-12(7-13(11)14)15-9-19(10-18-15)6-2-5-16/h3-4,7-10,17H,2,5-6,16H2,1H3. The van der Waals surface area contributed by atoms with E-state index in [0.717, 1.165) is 24.2 Å². The molecule has 0 aliphatic heterocycles. The summed E-state index contributed by atoms with van der Waals surface area (Å²) in [7, 11) is 0. The Balaban J connectivity index is 1.94. The van der Waals surface area contributed by atoms with Crippen molar-refractivity contribution in [1.82, 2.24) is 14.5 Å². The Hall–Kier alpha value is -2.07. The number of nitrogens with two attached hydrogens (primary N) is 1. The maximum absolute atomic E-state index is 5.52. The molecule has 3 N–H and O–H groups in total. The van der Waals surface area contributed by atoms with Crippen molar-refractivity contribution in [3.8, 4) is 11.3 Å². The van der Waals surface area contributed by atoms with Crippen molar-refractivity contribution < 1.29 is 0 Å². The van der Waals surface area contributed by atoms with Gasteiger partial charge in [0.05, 0.1) is 12.0 Å². The molecule has 0 atom stereocenters. The Labute approximate surface area is 112 Å². The van der Waals surface area contributed by atoms with Crippen LogP contribution in [-0.2, 0) is 6.54 Å². The highest BCUT2D eigenvalue weighted by atomic mass is 15.0. The molecule has 2 aromatic heterocycles. The van der Waals surface area contributed by atoms with Crippen molar-refractivity contribution in [2.24, 2.45) is 5.73 Å². The number of H-pyrrole nitrogens is 1. The summed E-state index contributed by atoms with van der Waals surface area (Å²) in [4.78, 5) is 7.73. The Bertz CT molecular complexity index is 693. The maximum Gasteiger partial charge on any atom is 0.0953 e. The SMILES string of the molecule is Cc1c[nH]c2ccc(-c3cn(CCCN)cn3)cc12. The van der Waals surface area contributed by atoms with E-state index in [4.69, 9.17) is 5.73 Å². The summed E-state index contributed by atoms with van der Waals surface area (Å²) in [5, 5.41) is 1.26. The number of rotatable bonds is 4. The molecule has 0 fully saturated rings. The summed E-state index contributed by atoms with van der Waals surface area (Å²) in [6.07, 6.45) is 6.97. The van der Waals surface area contributed by atoms with Gasteiger partial charge in [0.25, 0.3) is 0 Å². The summed E-state index contributed by atoms with van der Waals surface area (Å²) in [5.74, 6) is 0. The highest BCUT2D eigenvalue weighted by Crippen LogP contribution is 2.24. The third-order valence-corrected chi connectivity index (χ3v) is 3.44. The van der Waals surface area contributed by atoms with Crippen LogP contribution >= 0.6 is 0 Å². The second kappa shape index (κ2) is 4.90. The molecule has 0 unspecified atom stereocenters. The first-order valence-corrected chi connectivity index (χ1v) is 6.58. The average molecular weight is 254 g/mol. The number of nitrogens with one attached hydrogen (secondary N) is 1. The molecule has 0 aliphatic carbocycles. The first-order chi connectivity index (χ1) is 9.28. The largest absolute Gasteiger partial charge is 0.361 e. The minimum Gasteiger partial charge on any atom is -0.361 e. The molecule has 4 heteroatoms. The molecule has 0 spiro atoms. The smallest absolute Gasteiger partial charge is 0.0953 e. The number of fused-ring (bicyclic) bond motifs is 1. The zero-order valence-electron chi connectivity index (χ0n) is 11.1. The molecule has 2 heterocycles. The Kier molecular flexibility index (Phi) is 3.09. The van der Waals surface area contributed by atoms with Gasteiger partial charge in [-0.3, -0.25) is 0 Å². The van der Waals surface area contributed by atoms with E-state index in [1.54, 1.807) is 0 Å². The second-order valence-electron chi connectivity index (χ2n) is 4.87. The van der Waals surface area contributed by atoms with Gasteiger partial charge in [0.1, 0.15) is 0 Å². The van der Waals surface area contributed by atoms with E-state index < -0.39 is 0 Å². The minimum absolute atomic E-state index is 0.710. The lowest BCUT2D eigenvalue weighted by atomic mass is 10.1. The molecular formula is C15H18N4. The number of aromatic nitrogens is 3. The molecule has 3 rings (SSSR count). The lowest BCUT2D eigenvalue weighted by molar-refractivity contribution is 0.650. The predicted molar refractivity (Wildman–Crippen MR) is 77.9 cm³/mol. The highest BCUT2D eigenvalue weighted by Gasteiger charge is 2.05. The average Bonchev–Trinajstić information content (AvgIpc) is 3.04. The zero-order chi connectivity index (χ0) is 13.2. The van der Waals surface area contributed by atoms with Crippen molar-refractivity contribution in [3.63, 3.8) is 0 Å². The van der Waals surface area contributed by atoms with Crippen LogP contribution in [0.4, 0.5) is 0 Å². The number of hydrogen-bond acceptors (Lipinski definition) is 2. The van der Waals surface area contributed by atoms with Gasteiger partial charge < -0.3 is 15.3 Å². The Morgan fingerprint density at radius 2 is 2.26 bits per heavy atom. The molecule has 0 radical (unpaired) electrons. The highest BCUT2D eigenvalue weighted by molar-refractivity contribution is 5.87. The van der Waals surface area contributed by atoms with Crippen LogP contribution in [0.5, 0.6) is 0 Å². The minimum atomic E-state index is 0.710. The maximum atomic E-state index is 5.52. The summed E-state index contributed by atoms with van der Waals surface area (Å²) in [5.41, 5.74) is 10.1. The van der Waals surface area contributed by atoms with Gasteiger partial charge in [0.2, 0.25) is 0 Å². The molecule has 19 heavy (non-hydrogen) atoms. The number of aromatic amines is 1. The molecule has 3 aromatic rings. The fourth-order valence-electron chi connectivity index (χ4n) is 2.32. The van der Waals surface area contributed by atoms with Crippen LogP contribution in [0.3, 0.4) is 0 Å². The van der Waals surface area contributed by atoms with Crippen LogP contribution in [0.2, 0.25) is 0 Å². The Morgan fingerprint density at radius 3 is 3.11 bits per heavy atom. The fraction of sp³-hybridized carbons (Fsp3) is 0.267. The number of aryl methyl sites for hydroxylation is 2. The molecule has 0 saturated carbocycles. The van der Waals surface area contributed by atoms with Gasteiger partial charge in [-0.1, -0.05) is 6.07 Å². The molecule has 0 bridgehead atoms. The topological polar surface area (TPSA) is 59.6 Å². The van der Waals surface area contributed by atoms with Crippen molar-refractivity contribution >= 4 is 10.9 Å². The molecule has 0 aliphatic rings. The van der Waals surface area contributed by atoms with Gasteiger partial charge in [-0.15, -0.1) is 0 Å². The van der Waals surface area contributed by atoms with E-state index in [1.165, 1.54) is 16.5 Å². The normalized spacial score (nSPS) is 11.3. The van der Waals surface area contributed by atoms with Gasteiger partial charge in [-0.05, 0) is 37.6 Å². The lowest BCUT2D eigenvalue weighted by Crippen LogP contribution is -2.03. The first-order valence-electron chi connectivity index (χ1n) is 6.58. The molecule has 1 aromatic carbocycles. The van der Waals surface area contributed by atoms with Crippen molar-refractivity contribution in [1.29, 1.82) is 0 Å². The van der Waals surface area contributed by atoms with Crippen LogP contribution in [0.15, 0.2) is 36.9 Å². The molecule has 4 nitrogen and oxygen atoms in total. The summed E-state index contributed by atoms with van der Waals surface area (Å²) < 4.78 is 2.09. The quantitative estimate of drug-likeness (QED) is 0.752. The monoisotopic (exact) mass is 254 g/mol. The van der Waals surface area contributed by atoms with E-state index in [0.29, 0.717) is 6.54 Å². The predicted octanol–water partition coefficient (Wildman–Crippen LogP) is 2.69. The van der Waals surface area contributed by atoms with E-state index in [9.17, 15) is 0 Å². The van der Waals surface area contributed by atoms with E-state index in [1.807, 2.05) is 12.5 Å².